The van der Waals surface area contributed by atoms with Gasteiger partial charge in [-0.05, 0) is 50.9 Å². The number of hydrogen-bond donors (Lipinski definition) is 1. The van der Waals surface area contributed by atoms with E-state index in [-0.39, 0.29) is 0 Å². The summed E-state index contributed by atoms with van der Waals surface area (Å²) in [7, 11) is 0. The van der Waals surface area contributed by atoms with E-state index in [4.69, 9.17) is 0 Å². The van der Waals surface area contributed by atoms with E-state index >= 15 is 0 Å². The Hall–Kier alpha value is -0.0800. The predicted molar refractivity (Wildman–Crippen MR) is 81.4 cm³/mol. The molecule has 0 aromatic heterocycles. The van der Waals surface area contributed by atoms with Gasteiger partial charge in [-0.25, -0.2) is 0 Å². The summed E-state index contributed by atoms with van der Waals surface area (Å²) < 4.78 is 0. The van der Waals surface area contributed by atoms with Crippen LogP contribution in [0.4, 0.5) is 0 Å². The molecule has 1 aliphatic heterocycles. The smallest absolute Gasteiger partial charge is 0.0309 e. The summed E-state index contributed by atoms with van der Waals surface area (Å²) in [5.41, 5.74) is 0.417. The van der Waals surface area contributed by atoms with Gasteiger partial charge < -0.3 is 5.32 Å². The van der Waals surface area contributed by atoms with Crippen molar-refractivity contribution in [3.05, 3.63) is 0 Å². The van der Waals surface area contributed by atoms with E-state index in [1.165, 1.54) is 71.0 Å². The molecule has 1 saturated heterocycles. The van der Waals surface area contributed by atoms with Gasteiger partial charge in [-0.15, -0.1) is 0 Å². The third-order valence-electron chi connectivity index (χ3n) is 5.96. The molecule has 110 valence electrons. The van der Waals surface area contributed by atoms with Crippen LogP contribution in [0.25, 0.3) is 0 Å². The molecule has 0 spiro atoms. The lowest BCUT2D eigenvalue weighted by molar-refractivity contribution is 0.0536. The van der Waals surface area contributed by atoms with Crippen molar-refractivity contribution in [3.8, 4) is 0 Å². The molecule has 3 fully saturated rings. The van der Waals surface area contributed by atoms with Gasteiger partial charge in [0.05, 0.1) is 0 Å². The molecule has 0 amide bonds. The average Bonchev–Trinajstić information content (AvgIpc) is 3.25. The number of nitrogens with one attached hydrogen (secondary N) is 1. The fourth-order valence-electron chi connectivity index (χ4n) is 4.40. The van der Waals surface area contributed by atoms with Gasteiger partial charge in [0.2, 0.25) is 0 Å². The Labute approximate surface area is 119 Å². The van der Waals surface area contributed by atoms with Crippen LogP contribution in [0.3, 0.4) is 0 Å². The summed E-state index contributed by atoms with van der Waals surface area (Å²) >= 11 is 0. The largest absolute Gasteiger partial charge is 0.308 e. The number of nitrogens with zero attached hydrogens (tertiary/aromatic N) is 1. The Morgan fingerprint density at radius 2 is 1.84 bits per heavy atom. The molecule has 2 atom stereocenters. The fraction of sp³-hybridized carbons (Fsp3) is 1.00. The van der Waals surface area contributed by atoms with Crippen LogP contribution in [-0.4, -0.2) is 36.1 Å². The van der Waals surface area contributed by atoms with E-state index in [0.29, 0.717) is 5.54 Å². The summed E-state index contributed by atoms with van der Waals surface area (Å²) in [6, 6.07) is 0.786. The van der Waals surface area contributed by atoms with Gasteiger partial charge in [0.15, 0.2) is 0 Å². The van der Waals surface area contributed by atoms with Crippen LogP contribution in [0, 0.1) is 11.8 Å². The number of rotatable bonds is 4. The molecule has 19 heavy (non-hydrogen) atoms. The van der Waals surface area contributed by atoms with Gasteiger partial charge in [0.25, 0.3) is 0 Å². The molecule has 0 radical (unpaired) electrons. The van der Waals surface area contributed by atoms with Crippen molar-refractivity contribution >= 4 is 0 Å². The normalized spacial score (nSPS) is 38.5. The standard InChI is InChI=1S/C17H32N2/c1-3-16-11-18-17(2,15-9-10-15)13-19(16)12-14-7-5-4-6-8-14/h14-16,18H,3-13H2,1-2H3. The summed E-state index contributed by atoms with van der Waals surface area (Å²) in [4.78, 5) is 2.85. The van der Waals surface area contributed by atoms with Crippen molar-refractivity contribution in [3.63, 3.8) is 0 Å². The monoisotopic (exact) mass is 264 g/mol. The second-order valence-electron chi connectivity index (χ2n) is 7.57. The molecule has 2 nitrogen and oxygen atoms in total. The Morgan fingerprint density at radius 3 is 2.47 bits per heavy atom. The van der Waals surface area contributed by atoms with Gasteiger partial charge in [0.1, 0.15) is 0 Å². The molecule has 0 aromatic carbocycles. The zero-order chi connectivity index (χ0) is 13.3. The molecular formula is C17H32N2. The third-order valence-corrected chi connectivity index (χ3v) is 5.96. The molecular weight excluding hydrogens is 232 g/mol. The summed E-state index contributed by atoms with van der Waals surface area (Å²) in [6.45, 7) is 8.73. The van der Waals surface area contributed by atoms with E-state index in [1.54, 1.807) is 0 Å². The zero-order valence-electron chi connectivity index (χ0n) is 13.0. The molecule has 2 saturated carbocycles. The highest BCUT2D eigenvalue weighted by Gasteiger charge is 2.45. The van der Waals surface area contributed by atoms with Gasteiger partial charge >= 0.3 is 0 Å². The molecule has 2 aliphatic carbocycles. The predicted octanol–water partition coefficient (Wildman–Crippen LogP) is 3.42. The van der Waals surface area contributed by atoms with Crippen LogP contribution < -0.4 is 5.32 Å². The first-order chi connectivity index (χ1) is 9.21. The molecule has 3 aliphatic rings. The van der Waals surface area contributed by atoms with E-state index in [9.17, 15) is 0 Å². The van der Waals surface area contributed by atoms with Gasteiger partial charge in [-0.1, -0.05) is 26.2 Å². The van der Waals surface area contributed by atoms with Crippen molar-refractivity contribution < 1.29 is 0 Å². The lowest BCUT2D eigenvalue weighted by Crippen LogP contribution is -2.64. The van der Waals surface area contributed by atoms with Crippen molar-refractivity contribution in [1.29, 1.82) is 0 Å². The van der Waals surface area contributed by atoms with Gasteiger partial charge in [0, 0.05) is 31.2 Å². The van der Waals surface area contributed by atoms with E-state index in [2.05, 4.69) is 24.1 Å². The van der Waals surface area contributed by atoms with Crippen LogP contribution in [0.1, 0.15) is 65.2 Å². The topological polar surface area (TPSA) is 15.3 Å². The highest BCUT2D eigenvalue weighted by Crippen LogP contribution is 2.41. The SMILES string of the molecule is CCC1CNC(C)(C2CC2)CN1CC1CCCCC1. The van der Waals surface area contributed by atoms with E-state index < -0.39 is 0 Å². The number of hydrogen-bond acceptors (Lipinski definition) is 2. The lowest BCUT2D eigenvalue weighted by atomic mass is 9.86. The minimum Gasteiger partial charge on any atom is -0.308 e. The maximum atomic E-state index is 3.88. The van der Waals surface area contributed by atoms with Crippen LogP contribution >= 0.6 is 0 Å². The van der Waals surface area contributed by atoms with Gasteiger partial charge in [-0.2, -0.15) is 0 Å². The molecule has 3 rings (SSSR count). The van der Waals surface area contributed by atoms with Gasteiger partial charge in [-0.3, -0.25) is 4.90 Å². The molecule has 1 N–H and O–H groups in total. The Bertz CT molecular complexity index is 294. The maximum absolute atomic E-state index is 3.88. The van der Waals surface area contributed by atoms with Crippen molar-refractivity contribution in [1.82, 2.24) is 10.2 Å². The molecule has 0 aromatic rings. The first kappa shape index (κ1) is 13.9. The molecule has 2 unspecified atom stereocenters. The fourth-order valence-corrected chi connectivity index (χ4v) is 4.40. The van der Waals surface area contributed by atoms with Crippen LogP contribution in [-0.2, 0) is 0 Å². The van der Waals surface area contributed by atoms with Crippen LogP contribution in [0.5, 0.6) is 0 Å². The summed E-state index contributed by atoms with van der Waals surface area (Å²) in [6.07, 6.45) is 11.6. The first-order valence-electron chi connectivity index (χ1n) is 8.70. The third kappa shape index (κ3) is 3.16. The van der Waals surface area contributed by atoms with Crippen molar-refractivity contribution in [2.75, 3.05) is 19.6 Å². The zero-order valence-corrected chi connectivity index (χ0v) is 13.0. The minimum atomic E-state index is 0.417. The second-order valence-corrected chi connectivity index (χ2v) is 7.57. The van der Waals surface area contributed by atoms with E-state index in [0.717, 1.165) is 17.9 Å². The highest BCUT2D eigenvalue weighted by molar-refractivity contribution is 5.04. The molecule has 1 heterocycles. The van der Waals surface area contributed by atoms with Crippen molar-refractivity contribution in [2.45, 2.75) is 76.8 Å². The Morgan fingerprint density at radius 1 is 1.11 bits per heavy atom. The lowest BCUT2D eigenvalue weighted by Gasteiger charge is -2.48. The summed E-state index contributed by atoms with van der Waals surface area (Å²) in [5.74, 6) is 1.95. The van der Waals surface area contributed by atoms with Crippen LogP contribution in [0.15, 0.2) is 0 Å². The Balaban J connectivity index is 1.61. The quantitative estimate of drug-likeness (QED) is 0.837. The van der Waals surface area contributed by atoms with Crippen LogP contribution in [0.2, 0.25) is 0 Å². The maximum Gasteiger partial charge on any atom is 0.0309 e. The minimum absolute atomic E-state index is 0.417. The molecule has 0 bridgehead atoms. The molecule has 2 heteroatoms. The Kier molecular flexibility index (Phi) is 4.19. The number of piperazine rings is 1. The van der Waals surface area contributed by atoms with E-state index in [1.807, 2.05) is 0 Å². The first-order valence-corrected chi connectivity index (χ1v) is 8.70. The summed E-state index contributed by atoms with van der Waals surface area (Å²) in [5, 5.41) is 3.88. The average molecular weight is 264 g/mol. The van der Waals surface area contributed by atoms with Crippen molar-refractivity contribution in [2.24, 2.45) is 11.8 Å². The highest BCUT2D eigenvalue weighted by atomic mass is 15.3. The second kappa shape index (κ2) is 5.73.